The van der Waals surface area contributed by atoms with Crippen LogP contribution in [0.25, 0.3) is 22.3 Å². The molecule has 2 aromatic carbocycles. The first-order chi connectivity index (χ1) is 20.7. The molecule has 2 aliphatic rings. The number of fused-ring (bicyclic) bond motifs is 2. The van der Waals surface area contributed by atoms with Gasteiger partial charge in [-0.05, 0) is 49.6 Å². The molecular weight excluding hydrogens is 566 g/mol. The van der Waals surface area contributed by atoms with Crippen molar-refractivity contribution in [2.45, 2.75) is 64.9 Å². The number of rotatable bonds is 8. The number of aryl methyl sites for hydroxylation is 1. The molecule has 4 heterocycles. The van der Waals surface area contributed by atoms with Gasteiger partial charge in [0.1, 0.15) is 0 Å². The van der Waals surface area contributed by atoms with Crippen LogP contribution in [0, 0.1) is 6.92 Å². The molecule has 2 aliphatic heterocycles. The van der Waals surface area contributed by atoms with Gasteiger partial charge in [-0.3, -0.25) is 18.6 Å². The van der Waals surface area contributed by atoms with E-state index < -0.39 is 6.10 Å². The Morgan fingerprint density at radius 2 is 1.86 bits per heavy atom. The van der Waals surface area contributed by atoms with Crippen LogP contribution in [0.5, 0.6) is 0 Å². The highest BCUT2D eigenvalue weighted by molar-refractivity contribution is 6.31. The third-order valence-corrected chi connectivity index (χ3v) is 9.43. The Kier molecular flexibility index (Phi) is 8.46. The lowest BCUT2D eigenvalue weighted by atomic mass is 9.99. The summed E-state index contributed by atoms with van der Waals surface area (Å²) in [7, 11) is 0. The predicted molar refractivity (Wildman–Crippen MR) is 168 cm³/mol. The van der Waals surface area contributed by atoms with Crippen LogP contribution in [0.1, 0.15) is 42.6 Å². The third kappa shape index (κ3) is 5.76. The Morgan fingerprint density at radius 1 is 1.12 bits per heavy atom. The molecule has 2 aromatic heterocycles. The summed E-state index contributed by atoms with van der Waals surface area (Å²) < 4.78 is 5.67. The van der Waals surface area contributed by atoms with Crippen LogP contribution < -0.4 is 11.4 Å². The number of β-amino-alcohol motifs (C(OH)–C–C–N with tert-alkyl or cyclic N) is 1. The van der Waals surface area contributed by atoms with Gasteiger partial charge >= 0.3 is 5.69 Å². The third-order valence-electron chi connectivity index (χ3n) is 9.01. The first kappa shape index (κ1) is 29.6. The van der Waals surface area contributed by atoms with Gasteiger partial charge in [0, 0.05) is 87.0 Å². The summed E-state index contributed by atoms with van der Waals surface area (Å²) >= 11 is 6.30. The van der Waals surface area contributed by atoms with Crippen LogP contribution in [0.15, 0.2) is 47.3 Å². The topological polar surface area (TPSA) is 115 Å². The molecule has 11 heteroatoms. The van der Waals surface area contributed by atoms with Crippen LogP contribution >= 0.6 is 11.6 Å². The second kappa shape index (κ2) is 12.3. The zero-order valence-electron chi connectivity index (χ0n) is 24.9. The van der Waals surface area contributed by atoms with Crippen molar-refractivity contribution < 1.29 is 9.90 Å². The summed E-state index contributed by atoms with van der Waals surface area (Å²) in [4.78, 5) is 29.7. The summed E-state index contributed by atoms with van der Waals surface area (Å²) in [5, 5.41) is 16.9. The number of nitrogens with two attached hydrogens (primary N) is 1. The molecule has 1 unspecified atom stereocenters. The summed E-state index contributed by atoms with van der Waals surface area (Å²) in [6.45, 7) is 8.13. The zero-order valence-corrected chi connectivity index (χ0v) is 25.6. The Bertz CT molecular complexity index is 1700. The molecule has 0 bridgehead atoms. The minimum atomic E-state index is -0.611. The smallest absolute Gasteiger partial charge is 0.329 e. The summed E-state index contributed by atoms with van der Waals surface area (Å²) in [6.07, 6.45) is 1.75. The van der Waals surface area contributed by atoms with Gasteiger partial charge in [-0.2, -0.15) is 5.10 Å². The van der Waals surface area contributed by atoms with Crippen LogP contribution in [0.4, 0.5) is 0 Å². The fraction of sp³-hybridized carbons (Fsp3) is 0.469. The first-order valence-corrected chi connectivity index (χ1v) is 15.5. The number of likely N-dealkylation sites (tertiary alicyclic amines) is 1. The van der Waals surface area contributed by atoms with E-state index in [4.69, 9.17) is 22.4 Å². The van der Waals surface area contributed by atoms with Crippen LogP contribution in [-0.2, 0) is 30.8 Å². The van der Waals surface area contributed by atoms with E-state index in [1.807, 2.05) is 63.5 Å². The summed E-state index contributed by atoms with van der Waals surface area (Å²) in [6, 6.07) is 13.9. The first-order valence-electron chi connectivity index (χ1n) is 15.2. The molecule has 0 radical (unpaired) electrons. The molecule has 1 saturated heterocycles. The van der Waals surface area contributed by atoms with Gasteiger partial charge in [-0.1, -0.05) is 29.8 Å². The zero-order chi connectivity index (χ0) is 30.2. The van der Waals surface area contributed by atoms with Gasteiger partial charge in [0.25, 0.3) is 0 Å². The standard InChI is InChI=1S/C32H40ClN7O3/c1-21-17-23(7-8-27(21)33)31-26-20-37(22(2)41)15-11-28(26)39(35-31)19-25(42)18-36-13-9-24(10-14-36)40-30-6-4-3-5-29(30)38(16-12-34)32(40)43/h3-8,17,24-25,42H,9-16,18-20,34H2,1-2H3. The molecule has 1 atom stereocenters. The quantitative estimate of drug-likeness (QED) is 0.319. The van der Waals surface area contributed by atoms with Gasteiger partial charge in [-0.15, -0.1) is 0 Å². The molecule has 6 rings (SSSR count). The normalized spacial score (nSPS) is 17.0. The lowest BCUT2D eigenvalue weighted by molar-refractivity contribution is -0.129. The molecule has 0 aliphatic carbocycles. The van der Waals surface area contributed by atoms with E-state index in [1.54, 1.807) is 11.5 Å². The van der Waals surface area contributed by atoms with Crippen LogP contribution in [0.3, 0.4) is 0 Å². The molecule has 1 amide bonds. The van der Waals surface area contributed by atoms with Crippen LogP contribution in [-0.4, -0.2) is 78.6 Å². The lowest BCUT2D eigenvalue weighted by Gasteiger charge is -2.33. The monoisotopic (exact) mass is 605 g/mol. The Morgan fingerprint density at radius 3 is 2.56 bits per heavy atom. The van der Waals surface area contributed by atoms with E-state index in [-0.39, 0.29) is 17.6 Å². The molecule has 10 nitrogen and oxygen atoms in total. The predicted octanol–water partition coefficient (Wildman–Crippen LogP) is 3.19. The van der Waals surface area contributed by atoms with Gasteiger partial charge < -0.3 is 20.6 Å². The fourth-order valence-corrected chi connectivity index (χ4v) is 6.90. The number of carbonyl (C=O) groups is 1. The number of imidazole rings is 1. The van der Waals surface area contributed by atoms with Gasteiger partial charge in [-0.25, -0.2) is 4.79 Å². The van der Waals surface area contributed by atoms with Crippen molar-refractivity contribution in [3.8, 4) is 11.3 Å². The molecule has 228 valence electrons. The number of aromatic nitrogens is 4. The maximum Gasteiger partial charge on any atom is 0.329 e. The molecule has 3 N–H and O–H groups in total. The highest BCUT2D eigenvalue weighted by Gasteiger charge is 2.29. The van der Waals surface area contributed by atoms with E-state index >= 15 is 0 Å². The van der Waals surface area contributed by atoms with E-state index in [2.05, 4.69) is 4.90 Å². The molecule has 0 saturated carbocycles. The van der Waals surface area contributed by atoms with Crippen molar-refractivity contribution in [3.63, 3.8) is 0 Å². The van der Waals surface area contributed by atoms with Crippen molar-refractivity contribution >= 4 is 28.5 Å². The highest BCUT2D eigenvalue weighted by atomic mass is 35.5. The summed E-state index contributed by atoms with van der Waals surface area (Å²) in [5.41, 5.74) is 12.6. The maximum atomic E-state index is 13.3. The van der Waals surface area contributed by atoms with E-state index in [0.29, 0.717) is 50.7 Å². The number of aliphatic hydroxyl groups excluding tert-OH is 1. The lowest BCUT2D eigenvalue weighted by Crippen LogP contribution is -2.42. The van der Waals surface area contributed by atoms with Gasteiger partial charge in [0.15, 0.2) is 0 Å². The van der Waals surface area contributed by atoms with E-state index in [1.165, 1.54) is 0 Å². The van der Waals surface area contributed by atoms with Crippen molar-refractivity contribution in [2.75, 3.05) is 32.7 Å². The number of hydrogen-bond acceptors (Lipinski definition) is 6. The Labute approximate surface area is 256 Å². The van der Waals surface area contributed by atoms with E-state index in [0.717, 1.165) is 65.0 Å². The average molecular weight is 606 g/mol. The number of benzene rings is 2. The number of aliphatic hydroxyl groups is 1. The minimum absolute atomic E-state index is 0.00335. The maximum absolute atomic E-state index is 13.3. The second-order valence-corrected chi connectivity index (χ2v) is 12.3. The number of hydrogen-bond donors (Lipinski definition) is 2. The minimum Gasteiger partial charge on any atom is -0.390 e. The van der Waals surface area contributed by atoms with Crippen molar-refractivity contribution in [1.29, 1.82) is 0 Å². The van der Waals surface area contributed by atoms with Crippen LogP contribution in [0.2, 0.25) is 5.02 Å². The van der Waals surface area contributed by atoms with Crippen molar-refractivity contribution in [3.05, 3.63) is 74.8 Å². The number of nitrogens with zero attached hydrogens (tertiary/aromatic N) is 6. The number of amides is 1. The van der Waals surface area contributed by atoms with Gasteiger partial charge in [0.2, 0.25) is 5.91 Å². The van der Waals surface area contributed by atoms with Gasteiger partial charge in [0.05, 0.1) is 29.4 Å². The molecule has 4 aromatic rings. The molecular formula is C32H40ClN7O3. The highest BCUT2D eigenvalue weighted by Crippen LogP contribution is 2.32. The molecule has 1 fully saturated rings. The largest absolute Gasteiger partial charge is 0.390 e. The second-order valence-electron chi connectivity index (χ2n) is 11.9. The SMILES string of the molecule is CC(=O)N1CCc2c(c(-c3ccc(Cl)c(C)c3)nn2CC(O)CN2CCC(n3c(=O)n(CCN)c4ccccc43)CC2)C1. The fourth-order valence-electron chi connectivity index (χ4n) is 6.78. The average Bonchev–Trinajstić information content (AvgIpc) is 3.49. The summed E-state index contributed by atoms with van der Waals surface area (Å²) in [5.74, 6) is 0.0475. The van der Waals surface area contributed by atoms with E-state index in [9.17, 15) is 14.7 Å². The number of para-hydroxylation sites is 2. The molecule has 43 heavy (non-hydrogen) atoms. The Balaban J connectivity index is 1.16. The Hall–Kier alpha value is -3.44. The molecule has 0 spiro atoms. The number of carbonyl (C=O) groups excluding carboxylic acids is 1. The number of halogens is 1. The van der Waals surface area contributed by atoms with Crippen molar-refractivity contribution in [2.24, 2.45) is 5.73 Å². The van der Waals surface area contributed by atoms with Crippen molar-refractivity contribution in [1.82, 2.24) is 28.7 Å². The number of piperidine rings is 1.